The molecule has 0 aromatic heterocycles. The average Bonchev–Trinajstić information content (AvgIpc) is 2.46. The van der Waals surface area contributed by atoms with Crippen LogP contribution in [0, 0.1) is 24.5 Å². The van der Waals surface area contributed by atoms with Crippen molar-refractivity contribution >= 4 is 0 Å². The van der Waals surface area contributed by atoms with Crippen LogP contribution in [0.5, 0.6) is 0 Å². The molecule has 3 heteroatoms. The second kappa shape index (κ2) is 6.87. The molecule has 1 fully saturated rings. The number of benzene rings is 1. The summed E-state index contributed by atoms with van der Waals surface area (Å²) in [5.41, 5.74) is -0.382. The number of unbranched alkanes of at least 4 members (excludes halogenated alkanes) is 2. The van der Waals surface area contributed by atoms with Gasteiger partial charge >= 0.3 is 0 Å². The normalized spacial score (nSPS) is 26.0. The van der Waals surface area contributed by atoms with E-state index in [-0.39, 0.29) is 5.56 Å². The lowest BCUT2D eigenvalue weighted by molar-refractivity contribution is -0.0192. The Hall–Kier alpha value is -0.960. The lowest BCUT2D eigenvalue weighted by Crippen LogP contribution is -2.33. The quantitative estimate of drug-likeness (QED) is 0.737. The molecule has 1 aliphatic carbocycles. The van der Waals surface area contributed by atoms with Gasteiger partial charge in [0, 0.05) is 5.56 Å². The number of halogens is 2. The number of aryl methyl sites for hydroxylation is 1. The number of aliphatic hydroxyl groups is 1. The van der Waals surface area contributed by atoms with Crippen LogP contribution in [-0.4, -0.2) is 5.11 Å². The van der Waals surface area contributed by atoms with E-state index in [9.17, 15) is 13.9 Å². The van der Waals surface area contributed by atoms with E-state index in [0.717, 1.165) is 18.9 Å². The first-order chi connectivity index (χ1) is 9.98. The first kappa shape index (κ1) is 16.4. The summed E-state index contributed by atoms with van der Waals surface area (Å²) in [6.07, 6.45) is 7.74. The molecule has 1 nitrogen and oxygen atoms in total. The number of hydrogen-bond acceptors (Lipinski definition) is 1. The van der Waals surface area contributed by atoms with Crippen LogP contribution in [0.25, 0.3) is 0 Å². The molecule has 0 amide bonds. The van der Waals surface area contributed by atoms with Gasteiger partial charge in [-0.05, 0) is 50.2 Å². The summed E-state index contributed by atoms with van der Waals surface area (Å²) in [5.74, 6) is -1.12. The maximum atomic E-state index is 14.1. The third kappa shape index (κ3) is 3.63. The molecule has 118 valence electrons. The number of hydrogen-bond donors (Lipinski definition) is 1. The smallest absolute Gasteiger partial charge is 0.165 e. The van der Waals surface area contributed by atoms with Crippen LogP contribution in [-0.2, 0) is 5.60 Å². The van der Waals surface area contributed by atoms with Crippen LogP contribution < -0.4 is 0 Å². The highest BCUT2D eigenvalue weighted by molar-refractivity contribution is 5.34. The Morgan fingerprint density at radius 3 is 2.48 bits per heavy atom. The Bertz CT molecular complexity index is 476. The van der Waals surface area contributed by atoms with Gasteiger partial charge in [0.15, 0.2) is 11.6 Å². The van der Waals surface area contributed by atoms with Crippen molar-refractivity contribution in [2.45, 2.75) is 70.8 Å². The molecule has 1 aliphatic rings. The number of rotatable bonds is 5. The van der Waals surface area contributed by atoms with Crippen molar-refractivity contribution in [1.82, 2.24) is 0 Å². The first-order valence-corrected chi connectivity index (χ1v) is 8.15. The Labute approximate surface area is 126 Å². The van der Waals surface area contributed by atoms with Crippen molar-refractivity contribution in [1.29, 1.82) is 0 Å². The molecule has 0 bridgehead atoms. The lowest BCUT2D eigenvalue weighted by atomic mass is 9.72. The summed E-state index contributed by atoms with van der Waals surface area (Å²) in [6, 6.07) is 2.69. The monoisotopic (exact) mass is 296 g/mol. The van der Waals surface area contributed by atoms with Crippen molar-refractivity contribution in [2.75, 3.05) is 0 Å². The molecule has 0 unspecified atom stereocenters. The molecule has 1 aromatic carbocycles. The van der Waals surface area contributed by atoms with Crippen molar-refractivity contribution in [2.24, 2.45) is 5.92 Å². The van der Waals surface area contributed by atoms with Gasteiger partial charge in [-0.2, -0.15) is 0 Å². The molecule has 0 saturated heterocycles. The lowest BCUT2D eigenvalue weighted by Gasteiger charge is -2.37. The van der Waals surface area contributed by atoms with Crippen molar-refractivity contribution < 1.29 is 13.9 Å². The van der Waals surface area contributed by atoms with E-state index >= 15 is 0 Å². The Kier molecular flexibility index (Phi) is 5.37. The van der Waals surface area contributed by atoms with Gasteiger partial charge in [-0.15, -0.1) is 0 Å². The minimum atomic E-state index is -1.20. The molecule has 0 radical (unpaired) electrons. The SMILES string of the molecule is CCCCCC1CCC(O)(c2c(C)ccc(F)c2F)CC1. The van der Waals surface area contributed by atoms with E-state index < -0.39 is 17.2 Å². The van der Waals surface area contributed by atoms with Gasteiger partial charge in [0.05, 0.1) is 5.60 Å². The Morgan fingerprint density at radius 2 is 1.86 bits per heavy atom. The summed E-state index contributed by atoms with van der Waals surface area (Å²) < 4.78 is 27.6. The molecule has 1 saturated carbocycles. The molecular formula is C18H26F2O. The fraction of sp³-hybridized carbons (Fsp3) is 0.667. The summed E-state index contributed by atoms with van der Waals surface area (Å²) in [4.78, 5) is 0. The highest BCUT2D eigenvalue weighted by atomic mass is 19.2. The van der Waals surface area contributed by atoms with Crippen LogP contribution >= 0.6 is 0 Å². The topological polar surface area (TPSA) is 20.2 Å². The van der Waals surface area contributed by atoms with E-state index in [0.29, 0.717) is 24.3 Å². The van der Waals surface area contributed by atoms with E-state index in [1.165, 1.54) is 25.7 Å². The fourth-order valence-corrected chi connectivity index (χ4v) is 3.60. The molecule has 1 N–H and O–H groups in total. The maximum Gasteiger partial charge on any atom is 0.165 e. The van der Waals surface area contributed by atoms with Crippen LogP contribution in [0.3, 0.4) is 0 Å². The highest BCUT2D eigenvalue weighted by Gasteiger charge is 2.38. The van der Waals surface area contributed by atoms with Gasteiger partial charge in [-0.3, -0.25) is 0 Å². The summed E-state index contributed by atoms with van der Waals surface area (Å²) >= 11 is 0. The minimum absolute atomic E-state index is 0.175. The van der Waals surface area contributed by atoms with Gasteiger partial charge < -0.3 is 5.11 Å². The molecule has 0 spiro atoms. The van der Waals surface area contributed by atoms with E-state index in [4.69, 9.17) is 0 Å². The van der Waals surface area contributed by atoms with Crippen LogP contribution in [0.15, 0.2) is 12.1 Å². The molecule has 0 aliphatic heterocycles. The van der Waals surface area contributed by atoms with Gasteiger partial charge in [-0.25, -0.2) is 8.78 Å². The zero-order chi connectivity index (χ0) is 15.5. The largest absolute Gasteiger partial charge is 0.385 e. The Balaban J connectivity index is 2.07. The van der Waals surface area contributed by atoms with E-state index in [2.05, 4.69) is 6.92 Å². The summed E-state index contributed by atoms with van der Waals surface area (Å²) in [7, 11) is 0. The van der Waals surface area contributed by atoms with Gasteiger partial charge in [0.1, 0.15) is 0 Å². The summed E-state index contributed by atoms with van der Waals surface area (Å²) in [5, 5.41) is 10.8. The fourth-order valence-electron chi connectivity index (χ4n) is 3.60. The molecule has 0 heterocycles. The second-order valence-electron chi connectivity index (χ2n) is 6.52. The predicted molar refractivity (Wildman–Crippen MR) is 81.1 cm³/mol. The zero-order valence-corrected chi connectivity index (χ0v) is 13.1. The zero-order valence-electron chi connectivity index (χ0n) is 13.1. The molecule has 21 heavy (non-hydrogen) atoms. The third-order valence-electron chi connectivity index (χ3n) is 4.92. The molecule has 1 aromatic rings. The van der Waals surface area contributed by atoms with Crippen molar-refractivity contribution in [3.63, 3.8) is 0 Å². The van der Waals surface area contributed by atoms with Crippen molar-refractivity contribution in [3.05, 3.63) is 34.9 Å². The van der Waals surface area contributed by atoms with Gasteiger partial charge in [0.2, 0.25) is 0 Å². The van der Waals surface area contributed by atoms with Crippen LogP contribution in [0.1, 0.15) is 69.4 Å². The van der Waals surface area contributed by atoms with E-state index in [1.54, 1.807) is 13.0 Å². The molecular weight excluding hydrogens is 270 g/mol. The highest BCUT2D eigenvalue weighted by Crippen LogP contribution is 2.43. The summed E-state index contributed by atoms with van der Waals surface area (Å²) in [6.45, 7) is 3.93. The second-order valence-corrected chi connectivity index (χ2v) is 6.52. The predicted octanol–water partition coefficient (Wildman–Crippen LogP) is 5.23. The third-order valence-corrected chi connectivity index (χ3v) is 4.92. The van der Waals surface area contributed by atoms with Crippen LogP contribution in [0.4, 0.5) is 8.78 Å². The van der Waals surface area contributed by atoms with Gasteiger partial charge in [0.25, 0.3) is 0 Å². The van der Waals surface area contributed by atoms with Crippen LogP contribution in [0.2, 0.25) is 0 Å². The standard InChI is InChI=1S/C18H26F2O/c1-3-4-5-6-14-9-11-18(21,12-10-14)16-13(2)7-8-15(19)17(16)20/h7-8,14,21H,3-6,9-12H2,1-2H3. The first-order valence-electron chi connectivity index (χ1n) is 8.15. The van der Waals surface area contributed by atoms with Crippen molar-refractivity contribution in [3.8, 4) is 0 Å². The minimum Gasteiger partial charge on any atom is -0.385 e. The Morgan fingerprint density at radius 1 is 1.19 bits per heavy atom. The van der Waals surface area contributed by atoms with Gasteiger partial charge in [-0.1, -0.05) is 38.7 Å². The maximum absolute atomic E-state index is 14.1. The average molecular weight is 296 g/mol. The molecule has 0 atom stereocenters. The van der Waals surface area contributed by atoms with E-state index in [1.807, 2.05) is 0 Å². The molecule has 2 rings (SSSR count).